The van der Waals surface area contributed by atoms with E-state index >= 15 is 0 Å². The molecule has 0 bridgehead atoms. The zero-order valence-corrected chi connectivity index (χ0v) is 11.5. The van der Waals surface area contributed by atoms with Gasteiger partial charge in [0.2, 0.25) is 0 Å². The Balaban J connectivity index is 2.56. The minimum absolute atomic E-state index is 0.415. The van der Waals surface area contributed by atoms with E-state index in [4.69, 9.17) is 0 Å². The van der Waals surface area contributed by atoms with Crippen LogP contribution in [0.1, 0.15) is 30.6 Å². The molecule has 5 heteroatoms. The number of hydrogen-bond donors (Lipinski definition) is 0. The van der Waals surface area contributed by atoms with Crippen LogP contribution < -0.4 is 5.11 Å². The molecule has 100 valence electrons. The zero-order valence-electron chi connectivity index (χ0n) is 10.6. The molecule has 0 aliphatic carbocycles. The Morgan fingerprint density at radius 3 is 2.58 bits per heavy atom. The highest BCUT2D eigenvalue weighted by atomic mass is 32.2. The van der Waals surface area contributed by atoms with Gasteiger partial charge in [0.25, 0.3) is 0 Å². The van der Waals surface area contributed by atoms with Crippen molar-refractivity contribution in [1.29, 1.82) is 0 Å². The van der Waals surface area contributed by atoms with Gasteiger partial charge in [0.05, 0.1) is 0 Å². The summed E-state index contributed by atoms with van der Waals surface area (Å²) in [6.45, 7) is 3.58. The fraction of sp³-hybridized carbons (Fsp3) is 0.357. The molecule has 19 heavy (non-hydrogen) atoms. The molecule has 2 rings (SSSR count). The lowest BCUT2D eigenvalue weighted by atomic mass is 9.80. The number of carboxylic acids is 1. The number of carboxylic acid groups (broad SMARTS) is 1. The number of thioether (sulfide) groups is 1. The van der Waals surface area contributed by atoms with E-state index in [1.54, 1.807) is 19.1 Å². The maximum atomic E-state index is 12.4. The van der Waals surface area contributed by atoms with Gasteiger partial charge in [-0.3, -0.25) is 9.59 Å². The lowest BCUT2D eigenvalue weighted by Crippen LogP contribution is -2.50. The lowest BCUT2D eigenvalue weighted by Gasteiger charge is -2.39. The molecule has 0 saturated carbocycles. The van der Waals surface area contributed by atoms with Crippen molar-refractivity contribution < 1.29 is 19.5 Å². The molecule has 1 aromatic carbocycles. The smallest absolute Gasteiger partial charge is 0.190 e. The molecule has 0 spiro atoms. The number of fused-ring (bicyclic) bond motifs is 1. The van der Waals surface area contributed by atoms with Crippen molar-refractivity contribution in [3.05, 3.63) is 29.8 Å². The van der Waals surface area contributed by atoms with Gasteiger partial charge in [-0.2, -0.15) is 0 Å². The largest absolute Gasteiger partial charge is 0.542 e. The summed E-state index contributed by atoms with van der Waals surface area (Å²) < 4.78 is -0.747. The summed E-state index contributed by atoms with van der Waals surface area (Å²) in [5.41, 5.74) is 0.415. The molecule has 0 N–H and O–H groups in total. The fourth-order valence-electron chi connectivity index (χ4n) is 2.29. The summed E-state index contributed by atoms with van der Waals surface area (Å²) >= 11 is 1.38. The SMILES string of the molecule is CCC1(C)Sc2ccccc2C(=O)C1C(=O)C(=O)[O-]. The number of aliphatic carboxylic acids is 1. The van der Waals surface area contributed by atoms with E-state index in [1.807, 2.05) is 19.1 Å². The molecule has 1 heterocycles. The van der Waals surface area contributed by atoms with Gasteiger partial charge in [0, 0.05) is 15.2 Å². The lowest BCUT2D eigenvalue weighted by molar-refractivity contribution is -0.300. The average Bonchev–Trinajstić information content (AvgIpc) is 2.38. The van der Waals surface area contributed by atoms with Crippen LogP contribution in [0.2, 0.25) is 0 Å². The second-order valence-electron chi connectivity index (χ2n) is 4.71. The summed E-state index contributed by atoms with van der Waals surface area (Å²) in [5, 5.41) is 10.8. The van der Waals surface area contributed by atoms with Crippen molar-refractivity contribution in [3.63, 3.8) is 0 Å². The molecule has 4 nitrogen and oxygen atoms in total. The normalized spacial score (nSPS) is 25.8. The van der Waals surface area contributed by atoms with Crippen molar-refractivity contribution >= 4 is 29.3 Å². The molecule has 0 fully saturated rings. The first kappa shape index (κ1) is 13.8. The molecular formula is C14H13O4S-. The standard InChI is InChI=1S/C14H14O4S/c1-3-14(2)10(12(16)13(17)18)11(15)8-6-4-5-7-9(8)19-14/h4-7,10H,3H2,1-2H3,(H,17,18)/p-1. The summed E-state index contributed by atoms with van der Waals surface area (Å²) in [6.07, 6.45) is 0.515. The number of carbonyl (C=O) groups is 3. The van der Waals surface area contributed by atoms with Crippen LogP contribution >= 0.6 is 11.8 Å². The first-order valence-corrected chi connectivity index (χ1v) is 6.80. The number of carbonyl (C=O) groups excluding carboxylic acids is 3. The molecule has 2 unspecified atom stereocenters. The van der Waals surface area contributed by atoms with Crippen molar-refractivity contribution in [1.82, 2.24) is 0 Å². The van der Waals surface area contributed by atoms with Crippen LogP contribution in [0.25, 0.3) is 0 Å². The maximum Gasteiger partial charge on any atom is 0.190 e. The minimum atomic E-state index is -1.79. The third-order valence-corrected chi connectivity index (χ3v) is 5.10. The van der Waals surface area contributed by atoms with Crippen molar-refractivity contribution in [2.75, 3.05) is 0 Å². The number of benzene rings is 1. The van der Waals surface area contributed by atoms with Crippen LogP contribution in [0, 0.1) is 5.92 Å². The highest BCUT2D eigenvalue weighted by Crippen LogP contribution is 2.48. The van der Waals surface area contributed by atoms with Crippen LogP contribution in [0.4, 0.5) is 0 Å². The van der Waals surface area contributed by atoms with Crippen LogP contribution in [0.15, 0.2) is 29.2 Å². The van der Waals surface area contributed by atoms with Crippen molar-refractivity contribution in [2.24, 2.45) is 5.92 Å². The summed E-state index contributed by atoms with van der Waals surface area (Å²) in [6, 6.07) is 6.95. The first-order chi connectivity index (χ1) is 8.90. The number of Topliss-reactive ketones (excluding diaryl/α,β-unsaturated/α-hetero) is 2. The Bertz CT molecular complexity index is 566. The van der Waals surface area contributed by atoms with Crippen LogP contribution in [0.3, 0.4) is 0 Å². The van der Waals surface area contributed by atoms with Gasteiger partial charge in [0.15, 0.2) is 11.6 Å². The predicted octanol–water partition coefficient (Wildman–Crippen LogP) is 1.08. The van der Waals surface area contributed by atoms with Crippen LogP contribution in [-0.4, -0.2) is 22.3 Å². The first-order valence-electron chi connectivity index (χ1n) is 5.98. The molecular weight excluding hydrogens is 264 g/mol. The van der Waals surface area contributed by atoms with Crippen molar-refractivity contribution in [3.8, 4) is 0 Å². The van der Waals surface area contributed by atoms with Gasteiger partial charge in [-0.05, 0) is 19.4 Å². The molecule has 0 radical (unpaired) electrons. The zero-order chi connectivity index (χ0) is 14.2. The topological polar surface area (TPSA) is 74.3 Å². The van der Waals surface area contributed by atoms with E-state index in [-0.39, 0.29) is 0 Å². The highest BCUT2D eigenvalue weighted by molar-refractivity contribution is 8.01. The average molecular weight is 277 g/mol. The predicted molar refractivity (Wildman–Crippen MR) is 68.8 cm³/mol. The van der Waals surface area contributed by atoms with E-state index in [0.29, 0.717) is 12.0 Å². The second kappa shape index (κ2) is 4.81. The third kappa shape index (κ3) is 2.18. The Labute approximate surface area is 115 Å². The van der Waals surface area contributed by atoms with Gasteiger partial charge in [0.1, 0.15) is 11.9 Å². The second-order valence-corrected chi connectivity index (χ2v) is 6.29. The Morgan fingerprint density at radius 1 is 1.37 bits per heavy atom. The van der Waals surface area contributed by atoms with Gasteiger partial charge in [-0.25, -0.2) is 0 Å². The molecule has 1 aliphatic rings. The van der Waals surface area contributed by atoms with Gasteiger partial charge in [-0.1, -0.05) is 25.1 Å². The number of rotatable bonds is 3. The summed E-state index contributed by atoms with van der Waals surface area (Å²) in [4.78, 5) is 35.8. The van der Waals surface area contributed by atoms with E-state index in [2.05, 4.69) is 0 Å². The van der Waals surface area contributed by atoms with Crippen LogP contribution in [0.5, 0.6) is 0 Å². The molecule has 0 amide bonds. The number of hydrogen-bond acceptors (Lipinski definition) is 5. The fourth-order valence-corrected chi connectivity index (χ4v) is 3.70. The molecule has 1 aliphatic heterocycles. The van der Waals surface area contributed by atoms with E-state index in [0.717, 1.165) is 4.90 Å². The van der Waals surface area contributed by atoms with Gasteiger partial charge >= 0.3 is 0 Å². The highest BCUT2D eigenvalue weighted by Gasteiger charge is 2.48. The monoisotopic (exact) mass is 277 g/mol. The van der Waals surface area contributed by atoms with Gasteiger partial charge < -0.3 is 9.90 Å². The number of ketones is 2. The Hall–Kier alpha value is -1.62. The summed E-state index contributed by atoms with van der Waals surface area (Å²) in [5.74, 6) is -4.52. The molecule has 0 aromatic heterocycles. The maximum absolute atomic E-state index is 12.4. The van der Waals surface area contributed by atoms with E-state index in [9.17, 15) is 19.5 Å². The Morgan fingerprint density at radius 2 is 2.00 bits per heavy atom. The summed E-state index contributed by atoms with van der Waals surface area (Å²) in [7, 11) is 0. The Kier molecular flexibility index (Phi) is 3.49. The molecule has 2 atom stereocenters. The van der Waals surface area contributed by atoms with Crippen molar-refractivity contribution in [2.45, 2.75) is 29.9 Å². The van der Waals surface area contributed by atoms with E-state index < -0.39 is 28.2 Å². The molecule has 1 aromatic rings. The quantitative estimate of drug-likeness (QED) is 0.610. The third-order valence-electron chi connectivity index (χ3n) is 3.53. The molecule has 0 saturated heterocycles. The van der Waals surface area contributed by atoms with Gasteiger partial charge in [-0.15, -0.1) is 11.8 Å². The minimum Gasteiger partial charge on any atom is -0.542 e. The van der Waals surface area contributed by atoms with E-state index in [1.165, 1.54) is 11.8 Å². The van der Waals surface area contributed by atoms with Crippen LogP contribution in [-0.2, 0) is 9.59 Å².